The van der Waals surface area contributed by atoms with Gasteiger partial charge in [0.2, 0.25) is 0 Å². The normalized spacial score (nSPS) is 10.0. The van der Waals surface area contributed by atoms with Crippen LogP contribution in [-0.2, 0) is 20.7 Å². The zero-order valence-corrected chi connectivity index (χ0v) is 13.5. The topological polar surface area (TPSA) is 55.4 Å². The van der Waals surface area contributed by atoms with Crippen molar-refractivity contribution in [2.45, 2.75) is 12.8 Å². The number of esters is 1. The van der Waals surface area contributed by atoms with Gasteiger partial charge in [-0.15, -0.1) is 0 Å². The van der Waals surface area contributed by atoms with Crippen LogP contribution in [0.25, 0.3) is 0 Å². The molecule has 0 saturated carbocycles. The van der Waals surface area contributed by atoms with Gasteiger partial charge in [0.15, 0.2) is 6.61 Å². The summed E-state index contributed by atoms with van der Waals surface area (Å²) in [5, 5.41) is 2.66. The second kappa shape index (κ2) is 8.34. The third-order valence-electron chi connectivity index (χ3n) is 2.95. The molecular weight excluding hydrogens is 346 g/mol. The summed E-state index contributed by atoms with van der Waals surface area (Å²) in [4.78, 5) is 23.3. The van der Waals surface area contributed by atoms with Crippen molar-refractivity contribution in [1.29, 1.82) is 0 Å². The molecule has 0 atom stereocenters. The van der Waals surface area contributed by atoms with Gasteiger partial charge in [-0.3, -0.25) is 9.59 Å². The van der Waals surface area contributed by atoms with E-state index in [1.165, 1.54) is 0 Å². The Morgan fingerprint density at radius 3 is 2.36 bits per heavy atom. The molecule has 4 nitrogen and oxygen atoms in total. The van der Waals surface area contributed by atoms with Crippen molar-refractivity contribution in [2.24, 2.45) is 0 Å². The van der Waals surface area contributed by atoms with Crippen molar-refractivity contribution >= 4 is 33.5 Å². The van der Waals surface area contributed by atoms with E-state index in [0.717, 1.165) is 10.0 Å². The molecule has 0 aliphatic rings. The number of halogens is 1. The molecule has 1 amide bonds. The maximum atomic E-state index is 11.7. The molecule has 0 aliphatic heterocycles. The molecule has 0 saturated heterocycles. The molecule has 5 heteroatoms. The van der Waals surface area contributed by atoms with Crippen molar-refractivity contribution in [3.63, 3.8) is 0 Å². The van der Waals surface area contributed by atoms with E-state index >= 15 is 0 Å². The second-order valence-corrected chi connectivity index (χ2v) is 5.62. The van der Waals surface area contributed by atoms with E-state index in [2.05, 4.69) is 21.2 Å². The van der Waals surface area contributed by atoms with Crippen LogP contribution in [0.3, 0.4) is 0 Å². The Labute approximate surface area is 137 Å². The standard InChI is InChI=1S/C17H16BrNO3/c18-14-7-9-15(10-8-14)19-16(20)12-22-17(21)11-6-13-4-2-1-3-5-13/h1-5,7-10H,6,11-12H2,(H,19,20). The number of anilines is 1. The third-order valence-corrected chi connectivity index (χ3v) is 3.48. The smallest absolute Gasteiger partial charge is 0.306 e. The van der Waals surface area contributed by atoms with E-state index in [0.29, 0.717) is 12.1 Å². The van der Waals surface area contributed by atoms with Crippen molar-refractivity contribution < 1.29 is 14.3 Å². The first kappa shape index (κ1) is 16.2. The number of ether oxygens (including phenoxy) is 1. The van der Waals surface area contributed by atoms with Crippen LogP contribution in [-0.4, -0.2) is 18.5 Å². The van der Waals surface area contributed by atoms with Gasteiger partial charge in [-0.2, -0.15) is 0 Å². The first-order valence-electron chi connectivity index (χ1n) is 6.88. The van der Waals surface area contributed by atoms with Gasteiger partial charge in [-0.05, 0) is 36.2 Å². The van der Waals surface area contributed by atoms with Crippen LogP contribution in [0, 0.1) is 0 Å². The van der Waals surface area contributed by atoms with Crippen LogP contribution in [0.1, 0.15) is 12.0 Å². The lowest BCUT2D eigenvalue weighted by molar-refractivity contribution is -0.147. The van der Waals surface area contributed by atoms with E-state index in [1.807, 2.05) is 42.5 Å². The number of benzene rings is 2. The monoisotopic (exact) mass is 361 g/mol. The first-order chi connectivity index (χ1) is 10.6. The molecule has 0 aliphatic carbocycles. The Bertz CT molecular complexity index is 626. The van der Waals surface area contributed by atoms with Crippen molar-refractivity contribution in [1.82, 2.24) is 0 Å². The summed E-state index contributed by atoms with van der Waals surface area (Å²) in [6, 6.07) is 16.8. The summed E-state index contributed by atoms with van der Waals surface area (Å²) in [6.45, 7) is -0.274. The Morgan fingerprint density at radius 2 is 1.68 bits per heavy atom. The fraction of sp³-hybridized carbons (Fsp3) is 0.176. The molecule has 114 valence electrons. The molecule has 0 aromatic heterocycles. The highest BCUT2D eigenvalue weighted by Crippen LogP contribution is 2.13. The minimum Gasteiger partial charge on any atom is -0.456 e. The van der Waals surface area contributed by atoms with Gasteiger partial charge in [0.05, 0.1) is 0 Å². The zero-order chi connectivity index (χ0) is 15.8. The van der Waals surface area contributed by atoms with Gasteiger partial charge in [0.25, 0.3) is 5.91 Å². The highest BCUT2D eigenvalue weighted by atomic mass is 79.9. The Hall–Kier alpha value is -2.14. The van der Waals surface area contributed by atoms with E-state index in [9.17, 15) is 9.59 Å². The van der Waals surface area contributed by atoms with Gasteiger partial charge in [-0.25, -0.2) is 0 Å². The lowest BCUT2D eigenvalue weighted by Gasteiger charge is -2.07. The molecule has 22 heavy (non-hydrogen) atoms. The summed E-state index contributed by atoms with van der Waals surface area (Å²) in [7, 11) is 0. The third kappa shape index (κ3) is 5.69. The van der Waals surface area contributed by atoms with Crippen LogP contribution >= 0.6 is 15.9 Å². The lowest BCUT2D eigenvalue weighted by atomic mass is 10.1. The molecule has 2 aromatic rings. The van der Waals surface area contributed by atoms with Crippen LogP contribution < -0.4 is 5.32 Å². The van der Waals surface area contributed by atoms with Gasteiger partial charge < -0.3 is 10.1 Å². The maximum Gasteiger partial charge on any atom is 0.306 e. The first-order valence-corrected chi connectivity index (χ1v) is 7.68. The highest BCUT2D eigenvalue weighted by molar-refractivity contribution is 9.10. The molecule has 0 heterocycles. The average Bonchev–Trinajstić information content (AvgIpc) is 2.54. The number of hydrogen-bond acceptors (Lipinski definition) is 3. The van der Waals surface area contributed by atoms with Crippen LogP contribution in [0.5, 0.6) is 0 Å². The number of carbonyl (C=O) groups excluding carboxylic acids is 2. The minimum atomic E-state index is -0.380. The molecule has 0 bridgehead atoms. The number of hydrogen-bond donors (Lipinski definition) is 1. The Balaban J connectivity index is 1.69. The number of carbonyl (C=O) groups is 2. The largest absolute Gasteiger partial charge is 0.456 e. The van der Waals surface area contributed by atoms with Crippen LogP contribution in [0.15, 0.2) is 59.1 Å². The SMILES string of the molecule is O=C(COC(=O)CCc1ccccc1)Nc1ccc(Br)cc1. The molecule has 0 fully saturated rings. The Kier molecular flexibility index (Phi) is 6.15. The highest BCUT2D eigenvalue weighted by Gasteiger charge is 2.08. The second-order valence-electron chi connectivity index (χ2n) is 4.70. The summed E-state index contributed by atoms with van der Waals surface area (Å²) in [5.74, 6) is -0.731. The van der Waals surface area contributed by atoms with E-state index in [1.54, 1.807) is 12.1 Å². The summed E-state index contributed by atoms with van der Waals surface area (Å²) >= 11 is 3.32. The van der Waals surface area contributed by atoms with E-state index < -0.39 is 0 Å². The number of aryl methyl sites for hydroxylation is 1. The Morgan fingerprint density at radius 1 is 1.00 bits per heavy atom. The van der Waals surface area contributed by atoms with Crippen molar-refractivity contribution in [3.05, 3.63) is 64.6 Å². The quantitative estimate of drug-likeness (QED) is 0.800. The zero-order valence-electron chi connectivity index (χ0n) is 11.9. The van der Waals surface area contributed by atoms with Gasteiger partial charge in [0, 0.05) is 16.6 Å². The van der Waals surface area contributed by atoms with Gasteiger partial charge >= 0.3 is 5.97 Å². The maximum absolute atomic E-state index is 11.7. The summed E-state index contributed by atoms with van der Waals surface area (Å²) in [5.41, 5.74) is 1.73. The molecule has 1 N–H and O–H groups in total. The predicted octanol–water partition coefficient (Wildman–Crippen LogP) is 3.56. The molecule has 0 spiro atoms. The number of amides is 1. The van der Waals surface area contributed by atoms with E-state index in [4.69, 9.17) is 4.74 Å². The van der Waals surface area contributed by atoms with Crippen LogP contribution in [0.4, 0.5) is 5.69 Å². The van der Waals surface area contributed by atoms with Crippen molar-refractivity contribution in [3.8, 4) is 0 Å². The molecule has 0 unspecified atom stereocenters. The molecule has 2 aromatic carbocycles. The lowest BCUT2D eigenvalue weighted by Crippen LogP contribution is -2.21. The van der Waals surface area contributed by atoms with Gasteiger partial charge in [-0.1, -0.05) is 46.3 Å². The fourth-order valence-corrected chi connectivity index (χ4v) is 2.10. The summed E-state index contributed by atoms with van der Waals surface area (Å²) in [6.07, 6.45) is 0.865. The number of rotatable bonds is 6. The average molecular weight is 362 g/mol. The molecular formula is C17H16BrNO3. The predicted molar refractivity (Wildman–Crippen MR) is 88.5 cm³/mol. The number of nitrogens with one attached hydrogen (secondary N) is 1. The fourth-order valence-electron chi connectivity index (χ4n) is 1.84. The van der Waals surface area contributed by atoms with Crippen molar-refractivity contribution in [2.75, 3.05) is 11.9 Å². The van der Waals surface area contributed by atoms with Gasteiger partial charge in [0.1, 0.15) is 0 Å². The van der Waals surface area contributed by atoms with Crippen LogP contribution in [0.2, 0.25) is 0 Å². The summed E-state index contributed by atoms with van der Waals surface area (Å²) < 4.78 is 5.89. The molecule has 0 radical (unpaired) electrons. The van der Waals surface area contributed by atoms with E-state index in [-0.39, 0.29) is 24.9 Å². The molecule has 2 rings (SSSR count). The minimum absolute atomic E-state index is 0.260.